The minimum Gasteiger partial charge on any atom is -0.394 e. The lowest BCUT2D eigenvalue weighted by molar-refractivity contribution is -0.0432. The lowest BCUT2D eigenvalue weighted by atomic mass is 10.2. The van der Waals surface area contributed by atoms with Crippen LogP contribution in [0.25, 0.3) is 11.2 Å². The average molecular weight is 252 g/mol. The van der Waals surface area contributed by atoms with E-state index in [9.17, 15) is 5.11 Å². The molecule has 0 saturated carbocycles. The van der Waals surface area contributed by atoms with Crippen molar-refractivity contribution in [3.05, 3.63) is 12.7 Å². The third kappa shape index (κ3) is 1.62. The van der Waals surface area contributed by atoms with Crippen molar-refractivity contribution in [1.82, 2.24) is 19.5 Å². The molecule has 0 radical (unpaired) electrons. The van der Waals surface area contributed by atoms with Crippen molar-refractivity contribution in [3.63, 3.8) is 0 Å². The molecule has 0 unspecified atom stereocenters. The fourth-order valence-electron chi connectivity index (χ4n) is 2.13. The Bertz CT molecular complexity index is 572. The molecule has 8 heteroatoms. The molecular formula is C10H13N5O3. The van der Waals surface area contributed by atoms with Crippen LogP contribution in [0.5, 0.6) is 0 Å². The highest BCUT2D eigenvalue weighted by atomic mass is 16.6. The summed E-state index contributed by atoms with van der Waals surface area (Å²) in [5.41, 5.74) is 6.75. The summed E-state index contributed by atoms with van der Waals surface area (Å²) < 4.78 is 7.22. The Hall–Kier alpha value is -1.77. The molecule has 1 saturated heterocycles. The normalized spacial score (nSPS) is 28.0. The van der Waals surface area contributed by atoms with Crippen LogP contribution in [0.4, 0.5) is 5.82 Å². The van der Waals surface area contributed by atoms with Gasteiger partial charge in [0.1, 0.15) is 24.2 Å². The number of aromatic nitrogens is 4. The van der Waals surface area contributed by atoms with E-state index in [1.54, 1.807) is 10.9 Å². The first-order chi connectivity index (χ1) is 8.70. The number of hydrogen-bond donors (Lipinski definition) is 3. The maximum absolute atomic E-state index is 9.71. The van der Waals surface area contributed by atoms with Crippen molar-refractivity contribution < 1.29 is 14.9 Å². The first-order valence-electron chi connectivity index (χ1n) is 5.58. The second-order valence-electron chi connectivity index (χ2n) is 4.20. The first kappa shape index (κ1) is 11.3. The highest BCUT2D eigenvalue weighted by Crippen LogP contribution is 2.30. The van der Waals surface area contributed by atoms with Crippen LogP contribution in [-0.2, 0) is 4.74 Å². The van der Waals surface area contributed by atoms with E-state index in [4.69, 9.17) is 15.6 Å². The summed E-state index contributed by atoms with van der Waals surface area (Å²) >= 11 is 0. The molecule has 0 amide bonds. The van der Waals surface area contributed by atoms with Crippen LogP contribution in [0.3, 0.4) is 0 Å². The number of rotatable bonds is 2. The molecule has 8 nitrogen and oxygen atoms in total. The fourth-order valence-corrected chi connectivity index (χ4v) is 2.13. The summed E-state index contributed by atoms with van der Waals surface area (Å²) in [5.74, 6) is 0.302. The molecule has 2 aromatic rings. The van der Waals surface area contributed by atoms with Crippen molar-refractivity contribution in [1.29, 1.82) is 0 Å². The average Bonchev–Trinajstić information content (AvgIpc) is 2.93. The number of hydrogen-bond acceptors (Lipinski definition) is 7. The van der Waals surface area contributed by atoms with Gasteiger partial charge in [-0.1, -0.05) is 0 Å². The molecule has 1 aliphatic rings. The van der Waals surface area contributed by atoms with E-state index in [0.717, 1.165) is 0 Å². The highest BCUT2D eigenvalue weighted by Gasteiger charge is 2.35. The summed E-state index contributed by atoms with van der Waals surface area (Å²) in [7, 11) is 0. The van der Waals surface area contributed by atoms with Gasteiger partial charge in [-0.3, -0.25) is 4.57 Å². The van der Waals surface area contributed by atoms with Gasteiger partial charge in [0.15, 0.2) is 11.5 Å². The standard InChI is InChI=1S/C10H13N5O3/c11-9-8-10(13-3-12-9)15(4-14-8)7-1-5(17)6(2-16)18-7/h3-7,16-17H,1-2H2,(H2,11,12,13)/t5-,6+,7+/m0/s1/i2+1. The van der Waals surface area contributed by atoms with Crippen LogP contribution in [-0.4, -0.2) is 48.5 Å². The van der Waals surface area contributed by atoms with Crippen molar-refractivity contribution in [2.75, 3.05) is 12.3 Å². The lowest BCUT2D eigenvalue weighted by Gasteiger charge is -2.13. The van der Waals surface area contributed by atoms with Crippen LogP contribution in [0.15, 0.2) is 12.7 Å². The van der Waals surface area contributed by atoms with Crippen LogP contribution in [0.2, 0.25) is 0 Å². The van der Waals surface area contributed by atoms with Gasteiger partial charge in [-0.15, -0.1) is 0 Å². The smallest absolute Gasteiger partial charge is 0.167 e. The molecule has 4 N–H and O–H groups in total. The van der Waals surface area contributed by atoms with Crippen molar-refractivity contribution in [3.8, 4) is 0 Å². The molecule has 0 bridgehead atoms. The molecule has 0 aromatic carbocycles. The van der Waals surface area contributed by atoms with Crippen LogP contribution in [0.1, 0.15) is 12.6 Å². The number of ether oxygens (including phenoxy) is 1. The second kappa shape index (κ2) is 4.16. The van der Waals surface area contributed by atoms with E-state index >= 15 is 0 Å². The van der Waals surface area contributed by atoms with Gasteiger partial charge < -0.3 is 20.7 Å². The SMILES string of the molecule is Nc1ncnc2c1ncn2[C@H]1C[C@H](O)[C@@H]([13CH2]O)O1. The largest absolute Gasteiger partial charge is 0.394 e. The van der Waals surface area contributed by atoms with Crippen molar-refractivity contribution >= 4 is 17.0 Å². The molecule has 1 fully saturated rings. The lowest BCUT2D eigenvalue weighted by Crippen LogP contribution is -2.24. The van der Waals surface area contributed by atoms with Crippen LogP contribution < -0.4 is 5.73 Å². The molecule has 3 rings (SSSR count). The van der Waals surface area contributed by atoms with Gasteiger partial charge in [0.2, 0.25) is 0 Å². The minimum atomic E-state index is -0.698. The zero-order valence-corrected chi connectivity index (χ0v) is 9.47. The maximum atomic E-state index is 9.71. The highest BCUT2D eigenvalue weighted by molar-refractivity contribution is 5.81. The third-order valence-corrected chi connectivity index (χ3v) is 3.08. The Morgan fingerprint density at radius 3 is 3.00 bits per heavy atom. The van der Waals surface area contributed by atoms with Gasteiger partial charge in [-0.2, -0.15) is 0 Å². The molecule has 2 aromatic heterocycles. The quantitative estimate of drug-likeness (QED) is 0.589. The summed E-state index contributed by atoms with van der Waals surface area (Å²) in [6.07, 6.45) is 1.60. The monoisotopic (exact) mass is 252 g/mol. The Labute approximate surface area is 102 Å². The Morgan fingerprint density at radius 2 is 2.28 bits per heavy atom. The number of nitrogens with zero attached hydrogens (tertiary/aromatic N) is 4. The van der Waals surface area contributed by atoms with E-state index < -0.39 is 18.4 Å². The number of imidazole rings is 1. The molecular weight excluding hydrogens is 239 g/mol. The maximum Gasteiger partial charge on any atom is 0.167 e. The van der Waals surface area contributed by atoms with Gasteiger partial charge in [0.25, 0.3) is 0 Å². The predicted octanol–water partition coefficient (Wildman–Crippen LogP) is -0.951. The summed E-state index contributed by atoms with van der Waals surface area (Å²) in [6.45, 7) is -0.221. The summed E-state index contributed by atoms with van der Waals surface area (Å²) in [4.78, 5) is 12.1. The topological polar surface area (TPSA) is 119 Å². The molecule has 18 heavy (non-hydrogen) atoms. The Kier molecular flexibility index (Phi) is 2.62. The van der Waals surface area contributed by atoms with E-state index in [0.29, 0.717) is 23.4 Å². The van der Waals surface area contributed by atoms with E-state index in [2.05, 4.69) is 15.0 Å². The van der Waals surface area contributed by atoms with Gasteiger partial charge in [0, 0.05) is 6.42 Å². The molecule has 96 valence electrons. The van der Waals surface area contributed by atoms with E-state index in [-0.39, 0.29) is 6.61 Å². The summed E-state index contributed by atoms with van der Waals surface area (Å²) in [6, 6.07) is 0. The van der Waals surface area contributed by atoms with Gasteiger partial charge in [0.05, 0.1) is 19.0 Å². The van der Waals surface area contributed by atoms with Crippen LogP contribution in [0, 0.1) is 0 Å². The number of aliphatic hydroxyl groups is 2. The molecule has 0 spiro atoms. The van der Waals surface area contributed by atoms with Gasteiger partial charge in [-0.25, -0.2) is 15.0 Å². The molecule has 3 heterocycles. The zero-order chi connectivity index (χ0) is 12.7. The fraction of sp³-hybridized carbons (Fsp3) is 0.500. The third-order valence-electron chi connectivity index (χ3n) is 3.08. The number of nitrogens with two attached hydrogens (primary N) is 1. The molecule has 0 aliphatic carbocycles. The van der Waals surface area contributed by atoms with Crippen molar-refractivity contribution in [2.24, 2.45) is 0 Å². The minimum absolute atomic E-state index is 0.221. The van der Waals surface area contributed by atoms with Crippen LogP contribution >= 0.6 is 0 Å². The number of nitrogen functional groups attached to an aromatic ring is 1. The van der Waals surface area contributed by atoms with Gasteiger partial charge >= 0.3 is 0 Å². The molecule has 3 atom stereocenters. The van der Waals surface area contributed by atoms with Crippen molar-refractivity contribution in [2.45, 2.75) is 24.9 Å². The predicted molar refractivity (Wildman–Crippen MR) is 61.4 cm³/mol. The van der Waals surface area contributed by atoms with E-state index in [1.165, 1.54) is 6.33 Å². The zero-order valence-electron chi connectivity index (χ0n) is 9.47. The molecule has 1 aliphatic heterocycles. The number of anilines is 1. The number of aliphatic hydroxyl groups excluding tert-OH is 2. The Morgan fingerprint density at radius 1 is 1.44 bits per heavy atom. The summed E-state index contributed by atoms with van der Waals surface area (Å²) in [5, 5.41) is 18.8. The number of fused-ring (bicyclic) bond motifs is 1. The van der Waals surface area contributed by atoms with E-state index in [1.807, 2.05) is 0 Å². The Balaban J connectivity index is 1.99. The van der Waals surface area contributed by atoms with Gasteiger partial charge in [-0.05, 0) is 0 Å². The second-order valence-corrected chi connectivity index (χ2v) is 4.20. The first-order valence-corrected chi connectivity index (χ1v) is 5.58.